The highest BCUT2D eigenvalue weighted by Crippen LogP contribution is 2.37. The topological polar surface area (TPSA) is 100 Å². The first-order chi connectivity index (χ1) is 14.5. The molecule has 1 saturated carbocycles. The number of carbonyl (C=O) groups is 1. The SMILES string of the molecule is Cc1cc(NC(=O)C(NC2CCC(O)(c3cccnc3)CC2)c2ccccc2)no1. The molecule has 1 amide bonds. The lowest BCUT2D eigenvalue weighted by atomic mass is 9.78. The van der Waals surface area contributed by atoms with Gasteiger partial charge in [-0.25, -0.2) is 0 Å². The van der Waals surface area contributed by atoms with E-state index < -0.39 is 11.6 Å². The number of aromatic nitrogens is 2. The van der Waals surface area contributed by atoms with Crippen LogP contribution in [-0.2, 0) is 10.4 Å². The summed E-state index contributed by atoms with van der Waals surface area (Å²) in [7, 11) is 0. The van der Waals surface area contributed by atoms with Crippen LogP contribution in [-0.4, -0.2) is 27.2 Å². The van der Waals surface area contributed by atoms with E-state index in [4.69, 9.17) is 4.52 Å². The number of aryl methyl sites for hydroxylation is 1. The Balaban J connectivity index is 1.45. The standard InChI is InChI=1S/C23H26N4O3/c1-16-14-20(27-30-16)26-22(28)21(17-6-3-2-4-7-17)25-19-9-11-23(29,12-10-19)18-8-5-13-24-15-18/h2-8,13-15,19,21,25,29H,9-12H2,1H3,(H,26,27,28). The van der Waals surface area contributed by atoms with Crippen LogP contribution in [0.2, 0.25) is 0 Å². The smallest absolute Gasteiger partial charge is 0.247 e. The summed E-state index contributed by atoms with van der Waals surface area (Å²) in [6, 6.07) is 14.6. The normalized spacial score (nSPS) is 22.4. The Morgan fingerprint density at radius 3 is 2.60 bits per heavy atom. The summed E-state index contributed by atoms with van der Waals surface area (Å²) in [5, 5.41) is 21.2. The van der Waals surface area contributed by atoms with Gasteiger partial charge in [0.15, 0.2) is 5.82 Å². The predicted molar refractivity (Wildman–Crippen MR) is 113 cm³/mol. The van der Waals surface area contributed by atoms with Crippen molar-refractivity contribution in [2.45, 2.75) is 50.3 Å². The third kappa shape index (κ3) is 4.58. The van der Waals surface area contributed by atoms with E-state index in [-0.39, 0.29) is 11.9 Å². The van der Waals surface area contributed by atoms with Crippen LogP contribution >= 0.6 is 0 Å². The molecule has 0 saturated heterocycles. The number of nitrogens with one attached hydrogen (secondary N) is 2. The molecule has 1 atom stereocenters. The highest BCUT2D eigenvalue weighted by molar-refractivity contribution is 5.94. The van der Waals surface area contributed by atoms with Crippen LogP contribution in [0.15, 0.2) is 65.4 Å². The van der Waals surface area contributed by atoms with E-state index in [0.717, 1.165) is 24.0 Å². The average molecular weight is 406 g/mol. The summed E-state index contributed by atoms with van der Waals surface area (Å²) in [5.41, 5.74) is 0.861. The van der Waals surface area contributed by atoms with Gasteiger partial charge in [-0.05, 0) is 44.2 Å². The predicted octanol–water partition coefficient (Wildman–Crippen LogP) is 3.48. The highest BCUT2D eigenvalue weighted by Gasteiger charge is 2.36. The number of nitrogens with zero attached hydrogens (tertiary/aromatic N) is 2. The number of amides is 1. The number of aliphatic hydroxyl groups is 1. The lowest BCUT2D eigenvalue weighted by Crippen LogP contribution is -2.44. The second kappa shape index (κ2) is 8.77. The Hall–Kier alpha value is -3.03. The van der Waals surface area contributed by atoms with Crippen LogP contribution in [0, 0.1) is 6.92 Å². The van der Waals surface area contributed by atoms with Gasteiger partial charge in [0.25, 0.3) is 0 Å². The second-order valence-corrected chi connectivity index (χ2v) is 7.87. The zero-order valence-electron chi connectivity index (χ0n) is 16.9. The van der Waals surface area contributed by atoms with Crippen molar-refractivity contribution in [3.63, 3.8) is 0 Å². The van der Waals surface area contributed by atoms with Crippen LogP contribution < -0.4 is 10.6 Å². The van der Waals surface area contributed by atoms with Crippen molar-refractivity contribution in [2.24, 2.45) is 0 Å². The summed E-state index contributed by atoms with van der Waals surface area (Å²) < 4.78 is 5.05. The van der Waals surface area contributed by atoms with Crippen LogP contribution in [0.1, 0.15) is 48.6 Å². The van der Waals surface area contributed by atoms with Crippen molar-refractivity contribution in [3.8, 4) is 0 Å². The molecule has 1 fully saturated rings. The van der Waals surface area contributed by atoms with Gasteiger partial charge in [-0.15, -0.1) is 0 Å². The Morgan fingerprint density at radius 2 is 1.97 bits per heavy atom. The zero-order valence-corrected chi connectivity index (χ0v) is 16.9. The van der Waals surface area contributed by atoms with E-state index >= 15 is 0 Å². The van der Waals surface area contributed by atoms with Gasteiger partial charge >= 0.3 is 0 Å². The van der Waals surface area contributed by atoms with Crippen molar-refractivity contribution < 1.29 is 14.4 Å². The quantitative estimate of drug-likeness (QED) is 0.580. The van der Waals surface area contributed by atoms with Gasteiger partial charge in [0.05, 0.1) is 5.60 Å². The summed E-state index contributed by atoms with van der Waals surface area (Å²) in [6.07, 6.45) is 6.17. The Morgan fingerprint density at radius 1 is 1.20 bits per heavy atom. The minimum absolute atomic E-state index is 0.108. The number of pyridine rings is 1. The number of anilines is 1. The van der Waals surface area contributed by atoms with Crippen molar-refractivity contribution in [3.05, 3.63) is 77.8 Å². The Labute approximate surface area is 175 Å². The van der Waals surface area contributed by atoms with E-state index in [0.29, 0.717) is 24.4 Å². The van der Waals surface area contributed by atoms with Gasteiger partial charge in [0, 0.05) is 30.1 Å². The molecule has 1 aromatic carbocycles. The maximum absolute atomic E-state index is 13.0. The van der Waals surface area contributed by atoms with Gasteiger partial charge in [-0.2, -0.15) is 0 Å². The van der Waals surface area contributed by atoms with Crippen molar-refractivity contribution >= 4 is 11.7 Å². The van der Waals surface area contributed by atoms with Gasteiger partial charge < -0.3 is 14.9 Å². The van der Waals surface area contributed by atoms with E-state index in [1.165, 1.54) is 0 Å². The molecule has 1 aliphatic rings. The van der Waals surface area contributed by atoms with Crippen LogP contribution in [0.5, 0.6) is 0 Å². The summed E-state index contributed by atoms with van der Waals surface area (Å²) in [4.78, 5) is 17.2. The lowest BCUT2D eigenvalue weighted by Gasteiger charge is -2.37. The first kappa shape index (κ1) is 20.3. The molecule has 0 aliphatic heterocycles. The van der Waals surface area contributed by atoms with E-state index in [1.54, 1.807) is 25.4 Å². The molecule has 1 unspecified atom stereocenters. The maximum Gasteiger partial charge on any atom is 0.247 e. The fourth-order valence-electron chi connectivity index (χ4n) is 4.02. The molecule has 3 N–H and O–H groups in total. The molecular weight excluding hydrogens is 380 g/mol. The first-order valence-corrected chi connectivity index (χ1v) is 10.2. The molecule has 4 rings (SSSR count). The van der Waals surface area contributed by atoms with Crippen LogP contribution in [0.3, 0.4) is 0 Å². The molecule has 1 aliphatic carbocycles. The van der Waals surface area contributed by atoms with Crippen molar-refractivity contribution in [1.29, 1.82) is 0 Å². The van der Waals surface area contributed by atoms with Gasteiger partial charge in [-0.3, -0.25) is 15.1 Å². The summed E-state index contributed by atoms with van der Waals surface area (Å²) in [6.45, 7) is 1.78. The molecule has 7 nitrogen and oxygen atoms in total. The number of benzene rings is 1. The molecule has 7 heteroatoms. The molecule has 0 bridgehead atoms. The maximum atomic E-state index is 13.0. The van der Waals surface area contributed by atoms with Crippen LogP contribution in [0.4, 0.5) is 5.82 Å². The van der Waals surface area contributed by atoms with E-state index in [1.807, 2.05) is 42.5 Å². The molecule has 0 radical (unpaired) electrons. The molecule has 156 valence electrons. The average Bonchev–Trinajstić information content (AvgIpc) is 3.19. The van der Waals surface area contributed by atoms with Crippen molar-refractivity contribution in [2.75, 3.05) is 5.32 Å². The highest BCUT2D eigenvalue weighted by atomic mass is 16.5. The second-order valence-electron chi connectivity index (χ2n) is 7.87. The minimum atomic E-state index is -0.866. The first-order valence-electron chi connectivity index (χ1n) is 10.2. The fraction of sp³-hybridized carbons (Fsp3) is 0.348. The van der Waals surface area contributed by atoms with E-state index in [2.05, 4.69) is 20.8 Å². The molecule has 2 heterocycles. The number of hydrogen-bond acceptors (Lipinski definition) is 6. The van der Waals surface area contributed by atoms with Gasteiger partial charge in [0.1, 0.15) is 11.8 Å². The number of carbonyl (C=O) groups excluding carboxylic acids is 1. The fourth-order valence-corrected chi connectivity index (χ4v) is 4.02. The van der Waals surface area contributed by atoms with Gasteiger partial charge in [-0.1, -0.05) is 41.6 Å². The number of rotatable bonds is 6. The summed E-state index contributed by atoms with van der Waals surface area (Å²) in [5.74, 6) is 0.842. The third-order valence-corrected chi connectivity index (χ3v) is 5.69. The van der Waals surface area contributed by atoms with Crippen molar-refractivity contribution in [1.82, 2.24) is 15.5 Å². The monoisotopic (exact) mass is 406 g/mol. The summed E-state index contributed by atoms with van der Waals surface area (Å²) >= 11 is 0. The molecule has 2 aromatic heterocycles. The molecule has 30 heavy (non-hydrogen) atoms. The zero-order chi connectivity index (χ0) is 21.0. The number of hydrogen-bond donors (Lipinski definition) is 3. The Kier molecular flexibility index (Phi) is 5.92. The lowest BCUT2D eigenvalue weighted by molar-refractivity contribution is -0.118. The van der Waals surface area contributed by atoms with Crippen LogP contribution in [0.25, 0.3) is 0 Å². The third-order valence-electron chi connectivity index (χ3n) is 5.69. The van der Waals surface area contributed by atoms with Gasteiger partial charge in [0.2, 0.25) is 5.91 Å². The molecular formula is C23H26N4O3. The minimum Gasteiger partial charge on any atom is -0.385 e. The Bertz CT molecular complexity index is 966. The largest absolute Gasteiger partial charge is 0.385 e. The molecule has 3 aromatic rings. The van der Waals surface area contributed by atoms with E-state index in [9.17, 15) is 9.90 Å². The molecule has 0 spiro atoms.